The number of hydrogen-bond donors (Lipinski definition) is 0. The zero-order valence-electron chi connectivity index (χ0n) is 9.80. The van der Waals surface area contributed by atoms with Gasteiger partial charge in [0.2, 0.25) is 0 Å². The van der Waals surface area contributed by atoms with Gasteiger partial charge in [-0.2, -0.15) is 0 Å². The highest BCUT2D eigenvalue weighted by Crippen LogP contribution is 2.21. The Hall–Kier alpha value is -1.12. The molecule has 0 saturated carbocycles. The summed E-state index contributed by atoms with van der Waals surface area (Å²) in [7, 11) is 0. The number of halogens is 2. The predicted molar refractivity (Wildman–Crippen MR) is 60.5 cm³/mol. The monoisotopic (exact) mass is 228 g/mol. The van der Waals surface area contributed by atoms with Crippen LogP contribution in [0.2, 0.25) is 0 Å². The summed E-state index contributed by atoms with van der Waals surface area (Å²) in [4.78, 5) is 0. The fourth-order valence-electron chi connectivity index (χ4n) is 1.45. The van der Waals surface area contributed by atoms with E-state index in [4.69, 9.17) is 4.74 Å². The van der Waals surface area contributed by atoms with Crippen LogP contribution in [-0.4, -0.2) is 6.61 Å². The third kappa shape index (κ3) is 4.17. The van der Waals surface area contributed by atoms with Gasteiger partial charge in [0.05, 0.1) is 6.61 Å². The van der Waals surface area contributed by atoms with E-state index in [1.807, 2.05) is 0 Å². The maximum absolute atomic E-state index is 13.1. The Morgan fingerprint density at radius 3 is 2.31 bits per heavy atom. The summed E-state index contributed by atoms with van der Waals surface area (Å²) in [5.41, 5.74) is 0. The summed E-state index contributed by atoms with van der Waals surface area (Å²) in [6.45, 7) is 4.67. The van der Waals surface area contributed by atoms with E-state index in [0.29, 0.717) is 12.5 Å². The molecular weight excluding hydrogens is 210 g/mol. The zero-order chi connectivity index (χ0) is 12.0. The lowest BCUT2D eigenvalue weighted by atomic mass is 10.1. The first-order chi connectivity index (χ1) is 7.61. The van der Waals surface area contributed by atoms with Gasteiger partial charge >= 0.3 is 0 Å². The van der Waals surface area contributed by atoms with Crippen LogP contribution in [0.25, 0.3) is 0 Å². The smallest absolute Gasteiger partial charge is 0.190 e. The molecule has 0 saturated heterocycles. The number of para-hydroxylation sites is 1. The highest BCUT2D eigenvalue weighted by atomic mass is 19.1. The summed E-state index contributed by atoms with van der Waals surface area (Å²) in [6, 6.07) is 3.73. The van der Waals surface area contributed by atoms with Crippen LogP contribution in [0.5, 0.6) is 5.75 Å². The first kappa shape index (κ1) is 12.9. The minimum atomic E-state index is -0.635. The molecule has 0 N–H and O–H groups in total. The van der Waals surface area contributed by atoms with Crippen LogP contribution in [-0.2, 0) is 0 Å². The SMILES string of the molecule is CC(C)CCCCOc1c(F)cccc1F. The molecule has 0 heterocycles. The van der Waals surface area contributed by atoms with E-state index < -0.39 is 11.6 Å². The van der Waals surface area contributed by atoms with Gasteiger partial charge in [0.25, 0.3) is 0 Å². The molecule has 0 aliphatic heterocycles. The standard InChI is InChI=1S/C13H18F2O/c1-10(2)6-3-4-9-16-13-11(14)7-5-8-12(13)15/h5,7-8,10H,3-4,6,9H2,1-2H3. The van der Waals surface area contributed by atoms with Gasteiger partial charge in [-0.3, -0.25) is 0 Å². The van der Waals surface area contributed by atoms with E-state index in [0.717, 1.165) is 19.3 Å². The van der Waals surface area contributed by atoms with Crippen LogP contribution in [0.15, 0.2) is 18.2 Å². The minimum Gasteiger partial charge on any atom is -0.488 e. The maximum atomic E-state index is 13.1. The van der Waals surface area contributed by atoms with Gasteiger partial charge in [0.1, 0.15) is 0 Å². The predicted octanol–water partition coefficient (Wildman–Crippen LogP) is 4.17. The molecule has 0 aromatic heterocycles. The molecule has 0 atom stereocenters. The second-order valence-electron chi connectivity index (χ2n) is 4.29. The second-order valence-corrected chi connectivity index (χ2v) is 4.29. The summed E-state index contributed by atoms with van der Waals surface area (Å²) in [5, 5.41) is 0. The van der Waals surface area contributed by atoms with E-state index >= 15 is 0 Å². The van der Waals surface area contributed by atoms with Crippen molar-refractivity contribution in [1.82, 2.24) is 0 Å². The number of ether oxygens (including phenoxy) is 1. The van der Waals surface area contributed by atoms with Gasteiger partial charge in [-0.15, -0.1) is 0 Å². The molecule has 0 spiro atoms. The van der Waals surface area contributed by atoms with E-state index in [-0.39, 0.29) is 5.75 Å². The van der Waals surface area contributed by atoms with Crippen molar-refractivity contribution in [2.24, 2.45) is 5.92 Å². The molecule has 90 valence electrons. The number of hydrogen-bond acceptors (Lipinski definition) is 1. The van der Waals surface area contributed by atoms with Crippen LogP contribution in [0.3, 0.4) is 0 Å². The molecule has 1 aromatic carbocycles. The molecule has 16 heavy (non-hydrogen) atoms. The minimum absolute atomic E-state index is 0.257. The molecular formula is C13H18F2O. The Morgan fingerprint density at radius 2 is 1.75 bits per heavy atom. The fourth-order valence-corrected chi connectivity index (χ4v) is 1.45. The van der Waals surface area contributed by atoms with Crippen LogP contribution in [0.4, 0.5) is 8.78 Å². The third-order valence-corrected chi connectivity index (χ3v) is 2.34. The lowest BCUT2D eigenvalue weighted by molar-refractivity contribution is 0.273. The normalized spacial score (nSPS) is 10.8. The van der Waals surface area contributed by atoms with Crippen molar-refractivity contribution in [1.29, 1.82) is 0 Å². The third-order valence-electron chi connectivity index (χ3n) is 2.34. The Labute approximate surface area is 95.4 Å². The topological polar surface area (TPSA) is 9.23 Å². The van der Waals surface area contributed by atoms with Crippen LogP contribution in [0.1, 0.15) is 33.1 Å². The van der Waals surface area contributed by atoms with Gasteiger partial charge in [0.15, 0.2) is 17.4 Å². The zero-order valence-corrected chi connectivity index (χ0v) is 9.80. The molecule has 1 rings (SSSR count). The van der Waals surface area contributed by atoms with Gasteiger partial charge in [-0.1, -0.05) is 26.3 Å². The van der Waals surface area contributed by atoms with Crippen molar-refractivity contribution < 1.29 is 13.5 Å². The molecule has 1 aromatic rings. The lowest BCUT2D eigenvalue weighted by Crippen LogP contribution is -2.02. The van der Waals surface area contributed by atoms with Crippen molar-refractivity contribution in [3.63, 3.8) is 0 Å². The molecule has 0 fully saturated rings. The highest BCUT2D eigenvalue weighted by Gasteiger charge is 2.08. The van der Waals surface area contributed by atoms with Crippen molar-refractivity contribution in [3.8, 4) is 5.75 Å². The van der Waals surface area contributed by atoms with Gasteiger partial charge < -0.3 is 4.74 Å². The van der Waals surface area contributed by atoms with E-state index in [1.54, 1.807) is 0 Å². The van der Waals surface area contributed by atoms with Crippen LogP contribution in [0, 0.1) is 17.6 Å². The summed E-state index contributed by atoms with van der Waals surface area (Å²) in [6.07, 6.45) is 2.96. The summed E-state index contributed by atoms with van der Waals surface area (Å²) in [5.74, 6) is -0.870. The Bertz CT molecular complexity index is 303. The van der Waals surface area contributed by atoms with Gasteiger partial charge in [-0.05, 0) is 30.9 Å². The highest BCUT2D eigenvalue weighted by molar-refractivity contribution is 5.25. The van der Waals surface area contributed by atoms with Crippen LogP contribution >= 0.6 is 0 Å². The molecule has 0 radical (unpaired) electrons. The summed E-state index contributed by atoms with van der Waals surface area (Å²) < 4.78 is 31.3. The largest absolute Gasteiger partial charge is 0.488 e. The van der Waals surface area contributed by atoms with Crippen molar-refractivity contribution >= 4 is 0 Å². The first-order valence-electron chi connectivity index (χ1n) is 5.68. The molecule has 1 nitrogen and oxygen atoms in total. The molecule has 0 aliphatic rings. The van der Waals surface area contributed by atoms with Gasteiger partial charge in [0, 0.05) is 0 Å². The lowest BCUT2D eigenvalue weighted by Gasteiger charge is -2.08. The average Bonchev–Trinajstić information content (AvgIpc) is 2.21. The Kier molecular flexibility index (Phi) is 5.23. The van der Waals surface area contributed by atoms with Crippen LogP contribution < -0.4 is 4.74 Å². The Morgan fingerprint density at radius 1 is 1.12 bits per heavy atom. The van der Waals surface area contributed by atoms with E-state index in [9.17, 15) is 8.78 Å². The van der Waals surface area contributed by atoms with Crippen molar-refractivity contribution in [2.45, 2.75) is 33.1 Å². The molecule has 0 aliphatic carbocycles. The summed E-state index contributed by atoms with van der Waals surface area (Å²) >= 11 is 0. The average molecular weight is 228 g/mol. The van der Waals surface area contributed by atoms with Gasteiger partial charge in [-0.25, -0.2) is 8.78 Å². The second kappa shape index (κ2) is 6.46. The fraction of sp³-hybridized carbons (Fsp3) is 0.538. The van der Waals surface area contributed by atoms with Crippen molar-refractivity contribution in [3.05, 3.63) is 29.8 Å². The van der Waals surface area contributed by atoms with E-state index in [1.165, 1.54) is 18.2 Å². The van der Waals surface area contributed by atoms with Crippen molar-refractivity contribution in [2.75, 3.05) is 6.61 Å². The number of benzene rings is 1. The number of unbranched alkanes of at least 4 members (excludes halogenated alkanes) is 1. The molecule has 0 unspecified atom stereocenters. The first-order valence-corrected chi connectivity index (χ1v) is 5.68. The number of rotatable bonds is 6. The quantitative estimate of drug-likeness (QED) is 0.664. The van der Waals surface area contributed by atoms with E-state index in [2.05, 4.69) is 13.8 Å². The Balaban J connectivity index is 2.32. The maximum Gasteiger partial charge on any atom is 0.190 e. The molecule has 0 bridgehead atoms. The molecule has 0 amide bonds. The molecule has 3 heteroatoms.